The zero-order valence-corrected chi connectivity index (χ0v) is 17.7. The number of aryl methyl sites for hydroxylation is 1. The van der Waals surface area contributed by atoms with Crippen molar-refractivity contribution >= 4 is 17.5 Å². The molecule has 6 rings (SSSR count). The average Bonchev–Trinajstić information content (AvgIpc) is 3.42. The fourth-order valence-electron chi connectivity index (χ4n) is 4.77. The fraction of sp³-hybridized carbons (Fsp3) is 0.524. The summed E-state index contributed by atoms with van der Waals surface area (Å²) in [6.45, 7) is 5.34. The molecule has 1 aliphatic carbocycles. The second-order valence-electron chi connectivity index (χ2n) is 8.59. The summed E-state index contributed by atoms with van der Waals surface area (Å²) >= 11 is 6.35. The van der Waals surface area contributed by atoms with Gasteiger partial charge in [0.25, 0.3) is 5.95 Å². The Bertz CT molecular complexity index is 1080. The third-order valence-corrected chi connectivity index (χ3v) is 6.71. The third-order valence-electron chi connectivity index (χ3n) is 6.48. The van der Waals surface area contributed by atoms with Crippen LogP contribution in [-0.2, 0) is 13.1 Å². The summed E-state index contributed by atoms with van der Waals surface area (Å²) in [6.07, 6.45) is 4.51. The van der Waals surface area contributed by atoms with Crippen LogP contribution in [0.4, 0.5) is 5.95 Å². The van der Waals surface area contributed by atoms with E-state index in [0.29, 0.717) is 23.8 Å². The number of nitrogens with zero attached hydrogens (tertiary/aromatic N) is 7. The molecule has 9 heteroatoms. The molecule has 0 radical (unpaired) electrons. The van der Waals surface area contributed by atoms with Gasteiger partial charge in [-0.2, -0.15) is 4.98 Å². The van der Waals surface area contributed by atoms with E-state index >= 15 is 0 Å². The van der Waals surface area contributed by atoms with Gasteiger partial charge < -0.3 is 9.42 Å². The number of fused-ring (bicyclic) bond motifs is 3. The molecule has 156 valence electrons. The number of rotatable bonds is 3. The van der Waals surface area contributed by atoms with E-state index in [-0.39, 0.29) is 0 Å². The Morgan fingerprint density at radius 1 is 1.07 bits per heavy atom. The van der Waals surface area contributed by atoms with Gasteiger partial charge in [0.15, 0.2) is 5.82 Å². The summed E-state index contributed by atoms with van der Waals surface area (Å²) in [4.78, 5) is 9.08. The van der Waals surface area contributed by atoms with Crippen LogP contribution in [-0.4, -0.2) is 48.9 Å². The lowest BCUT2D eigenvalue weighted by Gasteiger charge is -2.30. The Morgan fingerprint density at radius 3 is 2.63 bits per heavy atom. The molecule has 2 aliphatic heterocycles. The van der Waals surface area contributed by atoms with Crippen molar-refractivity contribution in [2.45, 2.75) is 57.7 Å². The molecule has 0 amide bonds. The monoisotopic (exact) mass is 425 g/mol. The van der Waals surface area contributed by atoms with Crippen LogP contribution in [0.2, 0.25) is 5.02 Å². The van der Waals surface area contributed by atoms with Gasteiger partial charge in [0.2, 0.25) is 5.89 Å². The summed E-state index contributed by atoms with van der Waals surface area (Å²) in [5.74, 6) is 3.74. The summed E-state index contributed by atoms with van der Waals surface area (Å²) in [6, 6.07) is 6.86. The van der Waals surface area contributed by atoms with Gasteiger partial charge in [0.05, 0.1) is 12.2 Å². The summed E-state index contributed by atoms with van der Waals surface area (Å²) < 4.78 is 7.44. The molecule has 4 heterocycles. The molecule has 0 bridgehead atoms. The van der Waals surface area contributed by atoms with E-state index < -0.39 is 0 Å². The molecule has 0 spiro atoms. The second kappa shape index (κ2) is 7.06. The van der Waals surface area contributed by atoms with Crippen molar-refractivity contribution in [1.29, 1.82) is 0 Å². The lowest BCUT2D eigenvalue weighted by Crippen LogP contribution is -2.34. The van der Waals surface area contributed by atoms with Crippen LogP contribution < -0.4 is 4.90 Å². The van der Waals surface area contributed by atoms with Gasteiger partial charge in [-0.1, -0.05) is 11.6 Å². The van der Waals surface area contributed by atoms with E-state index in [1.165, 1.54) is 24.1 Å². The molecule has 1 saturated carbocycles. The predicted octanol–water partition coefficient (Wildman–Crippen LogP) is 3.47. The van der Waals surface area contributed by atoms with Crippen molar-refractivity contribution < 1.29 is 4.52 Å². The maximum atomic E-state index is 6.35. The molecule has 1 aromatic carbocycles. The van der Waals surface area contributed by atoms with E-state index in [1.807, 2.05) is 13.0 Å². The highest BCUT2D eigenvalue weighted by Crippen LogP contribution is 2.37. The Hall–Kier alpha value is -2.45. The van der Waals surface area contributed by atoms with Crippen molar-refractivity contribution in [2.75, 3.05) is 18.0 Å². The van der Waals surface area contributed by atoms with Crippen LogP contribution in [0, 0.1) is 6.92 Å². The van der Waals surface area contributed by atoms with Crippen LogP contribution in [0.1, 0.15) is 54.7 Å². The molecule has 30 heavy (non-hydrogen) atoms. The Labute approximate surface area is 179 Å². The normalized spacial score (nSPS) is 20.1. The molecule has 2 aromatic heterocycles. The van der Waals surface area contributed by atoms with Crippen molar-refractivity contribution in [2.24, 2.45) is 0 Å². The average molecular weight is 426 g/mol. The van der Waals surface area contributed by atoms with Crippen LogP contribution in [0.25, 0.3) is 5.69 Å². The number of hydrogen-bond acceptors (Lipinski definition) is 7. The van der Waals surface area contributed by atoms with Gasteiger partial charge in [0.1, 0.15) is 5.82 Å². The first-order chi connectivity index (χ1) is 14.7. The van der Waals surface area contributed by atoms with Crippen LogP contribution >= 0.6 is 11.6 Å². The first-order valence-electron chi connectivity index (χ1n) is 10.7. The van der Waals surface area contributed by atoms with Crippen LogP contribution in [0.5, 0.6) is 0 Å². The molecule has 2 fully saturated rings. The van der Waals surface area contributed by atoms with Gasteiger partial charge in [-0.05, 0) is 54.6 Å². The van der Waals surface area contributed by atoms with Crippen LogP contribution in [0.3, 0.4) is 0 Å². The molecule has 8 nitrogen and oxygen atoms in total. The standard InChI is InChI=1S/C21H24ClN7O/c1-13-23-21(26-30-13)27-8-6-14(7-9-27)20-25-24-19-12-28(17-3-4-17)11-15-10-16(22)2-5-18(15)29(19)20/h2,5,10,14,17H,3-4,6-9,11-12H2,1H3. The summed E-state index contributed by atoms with van der Waals surface area (Å²) in [5, 5.41) is 14.2. The highest BCUT2D eigenvalue weighted by molar-refractivity contribution is 6.30. The minimum atomic E-state index is 0.353. The van der Waals surface area contributed by atoms with Gasteiger partial charge in [-0.25, -0.2) is 0 Å². The van der Waals surface area contributed by atoms with E-state index in [0.717, 1.165) is 55.7 Å². The molecule has 3 aromatic rings. The number of halogens is 1. The molecular weight excluding hydrogens is 402 g/mol. The molecule has 3 aliphatic rings. The second-order valence-corrected chi connectivity index (χ2v) is 9.03. The van der Waals surface area contributed by atoms with Gasteiger partial charge in [-0.15, -0.1) is 10.2 Å². The zero-order valence-electron chi connectivity index (χ0n) is 17.0. The highest BCUT2D eigenvalue weighted by Gasteiger charge is 2.35. The number of anilines is 1. The first kappa shape index (κ1) is 18.3. The number of hydrogen-bond donors (Lipinski definition) is 0. The molecular formula is C21H24ClN7O. The largest absolute Gasteiger partial charge is 0.338 e. The van der Waals surface area contributed by atoms with Gasteiger partial charge in [-0.3, -0.25) is 9.47 Å². The Morgan fingerprint density at radius 2 is 1.90 bits per heavy atom. The minimum Gasteiger partial charge on any atom is -0.338 e. The van der Waals surface area contributed by atoms with Crippen LogP contribution in [0.15, 0.2) is 22.7 Å². The van der Waals surface area contributed by atoms with Gasteiger partial charge >= 0.3 is 0 Å². The van der Waals surface area contributed by atoms with E-state index in [4.69, 9.17) is 16.1 Å². The quantitative estimate of drug-likeness (QED) is 0.635. The van der Waals surface area contributed by atoms with E-state index in [9.17, 15) is 0 Å². The Kier molecular flexibility index (Phi) is 4.31. The number of piperidine rings is 1. The smallest absolute Gasteiger partial charge is 0.266 e. The number of benzene rings is 1. The van der Waals surface area contributed by atoms with Gasteiger partial charge in [0, 0.05) is 43.5 Å². The molecule has 0 atom stereocenters. The topological polar surface area (TPSA) is 76.1 Å². The van der Waals surface area contributed by atoms with Crippen molar-refractivity contribution in [3.05, 3.63) is 46.3 Å². The third kappa shape index (κ3) is 3.18. The summed E-state index contributed by atoms with van der Waals surface area (Å²) in [5.41, 5.74) is 2.43. The minimum absolute atomic E-state index is 0.353. The lowest BCUT2D eigenvalue weighted by molar-refractivity contribution is 0.243. The van der Waals surface area contributed by atoms with Crippen molar-refractivity contribution in [3.63, 3.8) is 0 Å². The highest BCUT2D eigenvalue weighted by atomic mass is 35.5. The molecule has 0 unspecified atom stereocenters. The maximum Gasteiger partial charge on any atom is 0.266 e. The fourth-order valence-corrected chi connectivity index (χ4v) is 4.96. The maximum absolute atomic E-state index is 6.35. The first-order valence-corrected chi connectivity index (χ1v) is 11.1. The number of aromatic nitrogens is 5. The van der Waals surface area contributed by atoms with Crippen molar-refractivity contribution in [1.82, 2.24) is 29.8 Å². The van der Waals surface area contributed by atoms with E-state index in [2.05, 4.69) is 46.8 Å². The summed E-state index contributed by atoms with van der Waals surface area (Å²) in [7, 11) is 0. The molecule has 1 saturated heterocycles. The zero-order chi connectivity index (χ0) is 20.2. The SMILES string of the molecule is Cc1nc(N2CCC(c3nnc4n3-c3ccc(Cl)cc3CN(C3CC3)C4)CC2)no1. The van der Waals surface area contributed by atoms with Crippen molar-refractivity contribution in [3.8, 4) is 5.69 Å². The lowest BCUT2D eigenvalue weighted by atomic mass is 9.96. The molecule has 0 N–H and O–H groups in total. The predicted molar refractivity (Wildman–Crippen MR) is 112 cm³/mol. The Balaban J connectivity index is 1.32. The van der Waals surface area contributed by atoms with E-state index in [1.54, 1.807) is 0 Å².